The molecule has 1 aromatic carbocycles. The molecule has 0 heterocycles. The molecule has 27 heavy (non-hydrogen) atoms. The third kappa shape index (κ3) is 10.4. The van der Waals surface area contributed by atoms with Crippen LogP contribution in [0.1, 0.15) is 104 Å². The van der Waals surface area contributed by atoms with Gasteiger partial charge in [0.1, 0.15) is 0 Å². The molecule has 0 aliphatic rings. The van der Waals surface area contributed by atoms with E-state index in [9.17, 15) is 0 Å². The number of unbranched alkanes of at least 4 members (excludes halogenated alkanes) is 4. The summed E-state index contributed by atoms with van der Waals surface area (Å²) >= 11 is 0. The van der Waals surface area contributed by atoms with E-state index in [-0.39, 0.29) is 10.8 Å². The topological polar surface area (TPSA) is 44.0 Å². The number of benzene rings is 1. The number of allylic oxidation sites excluding steroid dienone is 2. The van der Waals surface area contributed by atoms with Gasteiger partial charge in [0.25, 0.3) is 0 Å². The molecular weight excluding hydrogens is 330 g/mol. The van der Waals surface area contributed by atoms with Crippen molar-refractivity contribution in [1.29, 1.82) is 5.26 Å². The summed E-state index contributed by atoms with van der Waals surface area (Å²) in [6, 6.07) is 8.83. The molecule has 0 fully saturated rings. The third-order valence-corrected chi connectivity index (χ3v) is 4.66. The molecular formula is C25H41NO. The molecule has 0 bridgehead atoms. The Bertz CT molecular complexity index is 583. The molecule has 0 aliphatic heterocycles. The Morgan fingerprint density at radius 1 is 0.926 bits per heavy atom. The van der Waals surface area contributed by atoms with E-state index in [0.717, 1.165) is 17.6 Å². The van der Waals surface area contributed by atoms with Crippen LogP contribution in [0.3, 0.4) is 0 Å². The number of hydrogen-bond acceptors (Lipinski definition) is 2. The molecule has 0 aliphatic carbocycles. The average molecular weight is 372 g/mol. The van der Waals surface area contributed by atoms with Crippen LogP contribution in [0, 0.1) is 11.3 Å². The van der Waals surface area contributed by atoms with Gasteiger partial charge in [-0.2, -0.15) is 5.26 Å². The lowest BCUT2D eigenvalue weighted by molar-refractivity contribution is 0.282. The fraction of sp³-hybridized carbons (Fsp3) is 0.640. The largest absolute Gasteiger partial charge is 0.396 e. The van der Waals surface area contributed by atoms with Gasteiger partial charge in [-0.3, -0.25) is 0 Å². The molecule has 0 amide bonds. The van der Waals surface area contributed by atoms with E-state index in [0.29, 0.717) is 6.61 Å². The second-order valence-corrected chi connectivity index (χ2v) is 9.39. The zero-order chi connectivity index (χ0) is 21.1. The van der Waals surface area contributed by atoms with E-state index in [1.165, 1.54) is 36.8 Å². The van der Waals surface area contributed by atoms with Crippen LogP contribution in [-0.2, 0) is 10.8 Å². The molecule has 2 nitrogen and oxygen atoms in total. The van der Waals surface area contributed by atoms with Crippen LogP contribution in [0.15, 0.2) is 24.3 Å². The molecule has 152 valence electrons. The van der Waals surface area contributed by atoms with E-state index in [4.69, 9.17) is 10.4 Å². The third-order valence-electron chi connectivity index (χ3n) is 4.66. The van der Waals surface area contributed by atoms with Gasteiger partial charge in [-0.1, -0.05) is 92.3 Å². The summed E-state index contributed by atoms with van der Waals surface area (Å²) in [5.41, 5.74) is 5.05. The van der Waals surface area contributed by atoms with Gasteiger partial charge in [0.2, 0.25) is 0 Å². The lowest BCUT2D eigenvalue weighted by Crippen LogP contribution is -2.16. The second kappa shape index (κ2) is 12.0. The molecule has 1 N–H and O–H groups in total. The summed E-state index contributed by atoms with van der Waals surface area (Å²) in [5, 5.41) is 17.2. The zero-order valence-corrected chi connectivity index (χ0v) is 18.9. The first-order chi connectivity index (χ1) is 12.5. The number of rotatable bonds is 6. The fourth-order valence-electron chi connectivity index (χ4n) is 2.62. The maximum atomic E-state index is 8.83. The van der Waals surface area contributed by atoms with Gasteiger partial charge >= 0.3 is 0 Å². The highest BCUT2D eigenvalue weighted by Crippen LogP contribution is 2.32. The van der Waals surface area contributed by atoms with E-state index in [2.05, 4.69) is 72.7 Å². The highest BCUT2D eigenvalue weighted by atomic mass is 16.2. The van der Waals surface area contributed by atoms with Gasteiger partial charge in [0.05, 0.1) is 6.07 Å². The lowest BCUT2D eigenvalue weighted by atomic mass is 9.79. The van der Waals surface area contributed by atoms with Crippen LogP contribution in [0.4, 0.5) is 0 Å². The lowest BCUT2D eigenvalue weighted by Gasteiger charge is -2.26. The molecule has 1 aromatic rings. The summed E-state index contributed by atoms with van der Waals surface area (Å²) < 4.78 is 0. The molecule has 2 heteroatoms. The van der Waals surface area contributed by atoms with Crippen molar-refractivity contribution in [3.05, 3.63) is 41.0 Å². The van der Waals surface area contributed by atoms with Gasteiger partial charge in [0, 0.05) is 12.7 Å². The molecule has 1 rings (SSSR count). The minimum absolute atomic E-state index is 0.114. The Morgan fingerprint density at radius 2 is 1.41 bits per heavy atom. The van der Waals surface area contributed by atoms with Crippen molar-refractivity contribution in [2.45, 2.75) is 98.3 Å². The second-order valence-electron chi connectivity index (χ2n) is 9.39. The first kappa shape index (κ1) is 25.4. The summed E-state index contributed by atoms with van der Waals surface area (Å²) in [6.45, 7) is 17.9. The molecule has 0 radical (unpaired) electrons. The Morgan fingerprint density at radius 3 is 1.78 bits per heavy atom. The van der Waals surface area contributed by atoms with E-state index in [1.807, 2.05) is 6.92 Å². The predicted molar refractivity (Wildman–Crippen MR) is 119 cm³/mol. The first-order valence-electron chi connectivity index (χ1n) is 10.3. The van der Waals surface area contributed by atoms with Crippen molar-refractivity contribution in [3.63, 3.8) is 0 Å². The van der Waals surface area contributed by atoms with E-state index >= 15 is 0 Å². The van der Waals surface area contributed by atoms with Crippen molar-refractivity contribution in [2.75, 3.05) is 6.61 Å². The van der Waals surface area contributed by atoms with Gasteiger partial charge in [-0.05, 0) is 46.4 Å². The standard InChI is InChI=1S/C18H25N.C7H16O/c1-13(8-9-19)14-10-15(17(2,3)4)12-16(11-14)18(5,6)7;1-2-3-4-5-6-7-8/h8,10-12H,1-7H3;8H,2-7H2,1H3. The Balaban J connectivity index is 0.000000713. The number of nitriles is 1. The summed E-state index contributed by atoms with van der Waals surface area (Å²) in [5.74, 6) is 0. The SMILES string of the molecule is CC(=CC#N)c1cc(C(C)(C)C)cc(C(C)(C)C)c1.CCCCCCCO. The summed E-state index contributed by atoms with van der Waals surface area (Å²) in [4.78, 5) is 0. The van der Waals surface area contributed by atoms with E-state index < -0.39 is 0 Å². The average Bonchev–Trinajstić information content (AvgIpc) is 2.58. The minimum Gasteiger partial charge on any atom is -0.396 e. The molecule has 0 aromatic heterocycles. The monoisotopic (exact) mass is 371 g/mol. The normalized spacial score (nSPS) is 12.2. The van der Waals surface area contributed by atoms with Crippen LogP contribution < -0.4 is 0 Å². The predicted octanol–water partition coefficient (Wildman–Crippen LogP) is 7.16. The highest BCUT2D eigenvalue weighted by molar-refractivity contribution is 5.67. The zero-order valence-electron chi connectivity index (χ0n) is 18.9. The number of hydrogen-bond donors (Lipinski definition) is 1. The highest BCUT2D eigenvalue weighted by Gasteiger charge is 2.20. The van der Waals surface area contributed by atoms with Crippen molar-refractivity contribution >= 4 is 5.57 Å². The number of aliphatic hydroxyl groups excluding tert-OH is 1. The minimum atomic E-state index is 0.114. The first-order valence-corrected chi connectivity index (χ1v) is 10.3. The molecule has 0 saturated heterocycles. The van der Waals surface area contributed by atoms with Gasteiger partial charge in [-0.15, -0.1) is 0 Å². The molecule has 0 spiro atoms. The van der Waals surface area contributed by atoms with Crippen LogP contribution >= 0.6 is 0 Å². The summed E-state index contributed by atoms with van der Waals surface area (Å²) in [7, 11) is 0. The van der Waals surface area contributed by atoms with Gasteiger partial charge in [-0.25, -0.2) is 0 Å². The van der Waals surface area contributed by atoms with Gasteiger partial charge in [0.15, 0.2) is 0 Å². The van der Waals surface area contributed by atoms with Crippen LogP contribution in [0.25, 0.3) is 5.57 Å². The maximum absolute atomic E-state index is 8.83. The van der Waals surface area contributed by atoms with Gasteiger partial charge < -0.3 is 5.11 Å². The Kier molecular flexibility index (Phi) is 11.3. The van der Waals surface area contributed by atoms with Crippen LogP contribution in [0.2, 0.25) is 0 Å². The summed E-state index contributed by atoms with van der Waals surface area (Å²) in [6.07, 6.45) is 7.70. The fourth-order valence-corrected chi connectivity index (χ4v) is 2.62. The van der Waals surface area contributed by atoms with Crippen molar-refractivity contribution in [1.82, 2.24) is 0 Å². The quantitative estimate of drug-likeness (QED) is 0.426. The van der Waals surface area contributed by atoms with Crippen molar-refractivity contribution in [2.24, 2.45) is 0 Å². The Hall–Kier alpha value is -1.59. The molecule has 0 saturated carbocycles. The van der Waals surface area contributed by atoms with Crippen molar-refractivity contribution in [3.8, 4) is 6.07 Å². The van der Waals surface area contributed by atoms with E-state index in [1.54, 1.807) is 6.08 Å². The molecule has 0 unspecified atom stereocenters. The van der Waals surface area contributed by atoms with Crippen LogP contribution in [0.5, 0.6) is 0 Å². The Labute approximate surface area is 168 Å². The maximum Gasteiger partial charge on any atom is 0.0915 e. The van der Waals surface area contributed by atoms with Crippen LogP contribution in [-0.4, -0.2) is 11.7 Å². The smallest absolute Gasteiger partial charge is 0.0915 e. The molecule has 0 atom stereocenters. The number of aliphatic hydroxyl groups is 1. The number of nitrogens with zero attached hydrogens (tertiary/aromatic N) is 1. The van der Waals surface area contributed by atoms with Crippen molar-refractivity contribution < 1.29 is 5.11 Å².